The van der Waals surface area contributed by atoms with Gasteiger partial charge in [0.25, 0.3) is 0 Å². The minimum atomic E-state index is -0.798. The molecular formula is C18H30O4. The van der Waals surface area contributed by atoms with Gasteiger partial charge in [0.05, 0.1) is 6.42 Å². The highest BCUT2D eigenvalue weighted by Gasteiger charge is 2.60. The summed E-state index contributed by atoms with van der Waals surface area (Å²) >= 11 is 0. The number of aliphatic carboxylic acids is 1. The second kappa shape index (κ2) is 5.54. The fourth-order valence-electron chi connectivity index (χ4n) is 5.68. The highest BCUT2D eigenvalue weighted by molar-refractivity contribution is 5.68. The summed E-state index contributed by atoms with van der Waals surface area (Å²) in [4.78, 5) is 23.0. The summed E-state index contributed by atoms with van der Waals surface area (Å²) in [5.41, 5.74) is -0.521. The zero-order valence-corrected chi connectivity index (χ0v) is 14.6. The van der Waals surface area contributed by atoms with Crippen LogP contribution in [0, 0.1) is 22.7 Å². The highest BCUT2D eigenvalue weighted by Crippen LogP contribution is 2.63. The maximum absolute atomic E-state index is 11.6. The molecule has 4 nitrogen and oxygen atoms in total. The molecule has 0 radical (unpaired) electrons. The van der Waals surface area contributed by atoms with Crippen LogP contribution >= 0.6 is 0 Å². The van der Waals surface area contributed by atoms with Crippen LogP contribution in [0.1, 0.15) is 73.1 Å². The Hall–Kier alpha value is -1.06. The fraction of sp³-hybridized carbons (Fsp3) is 0.889. The smallest absolute Gasteiger partial charge is 0.303 e. The Bertz CT molecular complexity index is 470. The number of carbonyl (C=O) groups excluding carboxylic acids is 1. The Morgan fingerprint density at radius 2 is 1.77 bits per heavy atom. The molecule has 0 aromatic rings. The van der Waals surface area contributed by atoms with Gasteiger partial charge in [0.15, 0.2) is 0 Å². The zero-order chi connectivity index (χ0) is 16.8. The molecule has 2 saturated carbocycles. The van der Waals surface area contributed by atoms with E-state index < -0.39 is 11.6 Å². The van der Waals surface area contributed by atoms with Crippen LogP contribution in [0.25, 0.3) is 0 Å². The predicted octanol–water partition coefficient (Wildman–Crippen LogP) is 4.03. The Morgan fingerprint density at radius 1 is 1.14 bits per heavy atom. The first kappa shape index (κ1) is 17.3. The van der Waals surface area contributed by atoms with Gasteiger partial charge in [0.2, 0.25) is 0 Å². The Morgan fingerprint density at radius 3 is 2.32 bits per heavy atom. The van der Waals surface area contributed by atoms with Gasteiger partial charge in [-0.3, -0.25) is 9.59 Å². The second-order valence-electron chi connectivity index (χ2n) is 8.50. The summed E-state index contributed by atoms with van der Waals surface area (Å²) in [7, 11) is 0. The van der Waals surface area contributed by atoms with Crippen molar-refractivity contribution in [2.45, 2.75) is 78.7 Å². The third kappa shape index (κ3) is 2.89. The lowest BCUT2D eigenvalue weighted by Gasteiger charge is -2.61. The van der Waals surface area contributed by atoms with E-state index >= 15 is 0 Å². The van der Waals surface area contributed by atoms with Crippen molar-refractivity contribution in [2.24, 2.45) is 22.7 Å². The molecule has 4 atom stereocenters. The summed E-state index contributed by atoms with van der Waals surface area (Å²) in [6, 6.07) is 0. The Labute approximate surface area is 133 Å². The topological polar surface area (TPSA) is 63.6 Å². The number of hydrogen-bond donors (Lipinski definition) is 1. The lowest BCUT2D eigenvalue weighted by atomic mass is 9.45. The van der Waals surface area contributed by atoms with Crippen LogP contribution in [0.3, 0.4) is 0 Å². The molecule has 2 aliphatic rings. The van der Waals surface area contributed by atoms with Gasteiger partial charge in [-0.05, 0) is 49.4 Å². The second-order valence-corrected chi connectivity index (χ2v) is 8.50. The minimum Gasteiger partial charge on any atom is -0.481 e. The molecule has 2 rings (SSSR count). The van der Waals surface area contributed by atoms with E-state index in [1.54, 1.807) is 0 Å². The maximum atomic E-state index is 11.6. The average molecular weight is 310 g/mol. The minimum absolute atomic E-state index is 0.0762. The van der Waals surface area contributed by atoms with Gasteiger partial charge >= 0.3 is 11.9 Å². The van der Waals surface area contributed by atoms with Gasteiger partial charge in [-0.1, -0.05) is 27.2 Å². The van der Waals surface area contributed by atoms with E-state index in [0.29, 0.717) is 5.92 Å². The summed E-state index contributed by atoms with van der Waals surface area (Å²) in [5.74, 6) is -0.745. The van der Waals surface area contributed by atoms with Gasteiger partial charge in [-0.25, -0.2) is 0 Å². The van der Waals surface area contributed by atoms with Crippen LogP contribution in [0.4, 0.5) is 0 Å². The van der Waals surface area contributed by atoms with E-state index in [4.69, 9.17) is 4.74 Å². The van der Waals surface area contributed by atoms with Gasteiger partial charge in [0.1, 0.15) is 5.60 Å². The van der Waals surface area contributed by atoms with Crippen LogP contribution in [0.2, 0.25) is 0 Å². The number of esters is 1. The molecule has 0 aromatic carbocycles. The summed E-state index contributed by atoms with van der Waals surface area (Å²) in [6.07, 6.45) is 5.17. The lowest BCUT2D eigenvalue weighted by Crippen LogP contribution is -2.59. The molecular weight excluding hydrogens is 280 g/mol. The number of fused-ring (bicyclic) bond motifs is 1. The number of carboxylic acid groups (broad SMARTS) is 1. The lowest BCUT2D eigenvalue weighted by molar-refractivity contribution is -0.202. The molecule has 2 fully saturated rings. The molecule has 0 aliphatic heterocycles. The fourth-order valence-corrected chi connectivity index (χ4v) is 5.68. The normalized spacial score (nSPS) is 40.6. The monoisotopic (exact) mass is 310 g/mol. The van der Waals surface area contributed by atoms with Gasteiger partial charge in [-0.15, -0.1) is 0 Å². The van der Waals surface area contributed by atoms with Gasteiger partial charge in [0, 0.05) is 12.8 Å². The molecule has 0 bridgehead atoms. The van der Waals surface area contributed by atoms with Crippen molar-refractivity contribution >= 4 is 11.9 Å². The van der Waals surface area contributed by atoms with Crippen LogP contribution in [-0.4, -0.2) is 22.6 Å². The molecule has 22 heavy (non-hydrogen) atoms. The molecule has 0 aromatic heterocycles. The van der Waals surface area contributed by atoms with E-state index in [-0.39, 0.29) is 29.1 Å². The van der Waals surface area contributed by atoms with E-state index in [1.165, 1.54) is 13.3 Å². The summed E-state index contributed by atoms with van der Waals surface area (Å²) in [5, 5.41) is 9.43. The third-order valence-corrected chi connectivity index (χ3v) is 6.49. The van der Waals surface area contributed by atoms with E-state index in [2.05, 4.69) is 20.8 Å². The molecule has 0 saturated heterocycles. The standard InChI is InChI=1S/C18H30O4/c1-12(19)22-18(5)10-7-13-16(2,3)8-6-9-17(13,4)14(18)11-15(20)21/h13-14H,6-11H2,1-5H3,(H,20,21)/t13?,14?,17?,18-/m1/s1. The molecule has 1 N–H and O–H groups in total. The molecule has 126 valence electrons. The average Bonchev–Trinajstić information content (AvgIpc) is 2.31. The molecule has 0 spiro atoms. The van der Waals surface area contributed by atoms with Crippen LogP contribution in [-0.2, 0) is 14.3 Å². The van der Waals surface area contributed by atoms with E-state index in [1.807, 2.05) is 6.92 Å². The largest absolute Gasteiger partial charge is 0.481 e. The molecule has 3 unspecified atom stereocenters. The first-order chi connectivity index (χ1) is 10.0. The number of rotatable bonds is 3. The van der Waals surface area contributed by atoms with Crippen LogP contribution in [0.15, 0.2) is 0 Å². The van der Waals surface area contributed by atoms with E-state index in [0.717, 1.165) is 25.7 Å². The Balaban J connectivity index is 2.43. The van der Waals surface area contributed by atoms with Gasteiger partial charge in [-0.2, -0.15) is 0 Å². The number of carbonyl (C=O) groups is 2. The first-order valence-corrected chi connectivity index (χ1v) is 8.43. The zero-order valence-electron chi connectivity index (χ0n) is 14.6. The van der Waals surface area contributed by atoms with Crippen molar-refractivity contribution in [1.29, 1.82) is 0 Å². The first-order valence-electron chi connectivity index (χ1n) is 8.43. The number of hydrogen-bond acceptors (Lipinski definition) is 3. The van der Waals surface area contributed by atoms with Crippen molar-refractivity contribution in [1.82, 2.24) is 0 Å². The molecule has 4 heteroatoms. The summed E-state index contributed by atoms with van der Waals surface area (Å²) in [6.45, 7) is 10.2. The molecule has 0 amide bonds. The quantitative estimate of drug-likeness (QED) is 0.799. The summed E-state index contributed by atoms with van der Waals surface area (Å²) < 4.78 is 5.67. The number of ether oxygens (including phenoxy) is 1. The van der Waals surface area contributed by atoms with E-state index in [9.17, 15) is 14.7 Å². The van der Waals surface area contributed by atoms with Crippen LogP contribution < -0.4 is 0 Å². The molecule has 2 aliphatic carbocycles. The van der Waals surface area contributed by atoms with Gasteiger partial charge < -0.3 is 9.84 Å². The van der Waals surface area contributed by atoms with Crippen molar-refractivity contribution in [3.05, 3.63) is 0 Å². The van der Waals surface area contributed by atoms with Crippen LogP contribution in [0.5, 0.6) is 0 Å². The SMILES string of the molecule is CC(=O)O[C@]1(C)CCC2C(C)(C)CCCC2(C)C1CC(=O)O. The van der Waals surface area contributed by atoms with Crippen molar-refractivity contribution in [3.8, 4) is 0 Å². The molecule has 0 heterocycles. The third-order valence-electron chi connectivity index (χ3n) is 6.49. The highest BCUT2D eigenvalue weighted by atomic mass is 16.6. The maximum Gasteiger partial charge on any atom is 0.303 e. The number of carboxylic acids is 1. The van der Waals surface area contributed by atoms with Crippen molar-refractivity contribution < 1.29 is 19.4 Å². The van der Waals surface area contributed by atoms with Crippen molar-refractivity contribution in [3.63, 3.8) is 0 Å². The van der Waals surface area contributed by atoms with Crippen molar-refractivity contribution in [2.75, 3.05) is 0 Å². The Kier molecular flexibility index (Phi) is 4.35. The predicted molar refractivity (Wildman–Crippen MR) is 84.4 cm³/mol.